The second-order valence-electron chi connectivity index (χ2n) is 4.73. The average Bonchev–Trinajstić information content (AvgIpc) is 2.29. The van der Waals surface area contributed by atoms with Crippen molar-refractivity contribution in [3.8, 4) is 5.75 Å². The van der Waals surface area contributed by atoms with Crippen molar-refractivity contribution in [1.82, 2.24) is 0 Å². The van der Waals surface area contributed by atoms with Crippen LogP contribution in [0.3, 0.4) is 0 Å². The van der Waals surface area contributed by atoms with Crippen molar-refractivity contribution in [2.24, 2.45) is 11.7 Å². The zero-order valence-electron chi connectivity index (χ0n) is 11.1. The fourth-order valence-electron chi connectivity index (χ4n) is 1.54. The molecular formula is C13H18N2O3S. The van der Waals surface area contributed by atoms with E-state index in [1.807, 2.05) is 0 Å². The molecule has 5 nitrogen and oxygen atoms in total. The summed E-state index contributed by atoms with van der Waals surface area (Å²) in [6, 6.07) is 4.81. The first kappa shape index (κ1) is 15.4. The molecule has 0 unspecified atom stereocenters. The Bertz CT molecular complexity index is 475. The van der Waals surface area contributed by atoms with E-state index < -0.39 is 4.92 Å². The minimum absolute atomic E-state index is 0.0440. The Morgan fingerprint density at radius 2 is 2.21 bits per heavy atom. The summed E-state index contributed by atoms with van der Waals surface area (Å²) >= 11 is 4.79. The maximum Gasteiger partial charge on any atom is 0.311 e. The first-order valence-corrected chi connectivity index (χ1v) is 6.49. The molecule has 0 bridgehead atoms. The third-order valence-electron chi connectivity index (χ3n) is 2.55. The minimum atomic E-state index is -0.451. The van der Waals surface area contributed by atoms with E-state index >= 15 is 0 Å². The summed E-state index contributed by atoms with van der Waals surface area (Å²) < 4.78 is 5.46. The monoisotopic (exact) mass is 282 g/mol. The molecule has 0 radical (unpaired) electrons. The summed E-state index contributed by atoms with van der Waals surface area (Å²) in [5.74, 6) is 0.783. The van der Waals surface area contributed by atoms with Gasteiger partial charge >= 0.3 is 5.69 Å². The number of benzene rings is 1. The number of hydrogen-bond donors (Lipinski definition) is 1. The van der Waals surface area contributed by atoms with Gasteiger partial charge in [0.2, 0.25) is 0 Å². The lowest BCUT2D eigenvalue weighted by Crippen LogP contribution is -2.11. The lowest BCUT2D eigenvalue weighted by Gasteiger charge is -2.09. The van der Waals surface area contributed by atoms with Gasteiger partial charge in [-0.05, 0) is 24.0 Å². The fourth-order valence-corrected chi connectivity index (χ4v) is 1.71. The van der Waals surface area contributed by atoms with Gasteiger partial charge in [-0.3, -0.25) is 10.1 Å². The van der Waals surface area contributed by atoms with Crippen LogP contribution in [0.15, 0.2) is 18.2 Å². The molecule has 0 fully saturated rings. The predicted octanol–water partition coefficient (Wildman–Crippen LogP) is 2.85. The van der Waals surface area contributed by atoms with Crippen molar-refractivity contribution in [1.29, 1.82) is 0 Å². The number of nitrogens with two attached hydrogens (primary N) is 1. The van der Waals surface area contributed by atoms with Crippen LogP contribution in [0.5, 0.6) is 5.75 Å². The molecule has 2 N–H and O–H groups in total. The fraction of sp³-hybridized carbons (Fsp3) is 0.462. The SMILES string of the molecule is CC(C)CCOc1ccc(CC(N)=S)cc1[N+](=O)[O-]. The van der Waals surface area contributed by atoms with E-state index in [1.165, 1.54) is 6.07 Å². The highest BCUT2D eigenvalue weighted by molar-refractivity contribution is 7.80. The van der Waals surface area contributed by atoms with E-state index in [9.17, 15) is 10.1 Å². The first-order valence-electron chi connectivity index (χ1n) is 6.08. The topological polar surface area (TPSA) is 78.4 Å². The van der Waals surface area contributed by atoms with Gasteiger partial charge in [-0.25, -0.2) is 0 Å². The Hall–Kier alpha value is -1.69. The third kappa shape index (κ3) is 5.21. The maximum absolute atomic E-state index is 11.0. The standard InChI is InChI=1S/C13H18N2O3S/c1-9(2)5-6-18-12-4-3-10(8-13(14)19)7-11(12)15(16)17/h3-4,7,9H,5-6,8H2,1-2H3,(H2,14,19). The predicted molar refractivity (Wildman–Crippen MR) is 78.5 cm³/mol. The van der Waals surface area contributed by atoms with Gasteiger partial charge in [-0.15, -0.1) is 0 Å². The third-order valence-corrected chi connectivity index (χ3v) is 2.70. The van der Waals surface area contributed by atoms with Crippen LogP contribution in [0.25, 0.3) is 0 Å². The molecule has 0 aliphatic rings. The second-order valence-corrected chi connectivity index (χ2v) is 5.26. The molecule has 0 atom stereocenters. The summed E-state index contributed by atoms with van der Waals surface area (Å²) in [4.78, 5) is 10.9. The Kier molecular flexibility index (Phi) is 5.69. The first-order chi connectivity index (χ1) is 8.90. The molecule has 1 rings (SSSR count). The molecule has 1 aromatic rings. The number of nitro benzene ring substituents is 1. The van der Waals surface area contributed by atoms with Gasteiger partial charge in [0.15, 0.2) is 5.75 Å². The largest absolute Gasteiger partial charge is 0.487 e. The van der Waals surface area contributed by atoms with Crippen molar-refractivity contribution in [2.45, 2.75) is 26.7 Å². The van der Waals surface area contributed by atoms with Gasteiger partial charge in [0.25, 0.3) is 0 Å². The minimum Gasteiger partial charge on any atom is -0.487 e. The molecule has 0 saturated heterocycles. The maximum atomic E-state index is 11.0. The molecule has 0 aromatic heterocycles. The van der Waals surface area contributed by atoms with Crippen LogP contribution in [-0.2, 0) is 6.42 Å². The second kappa shape index (κ2) is 7.04. The Balaban J connectivity index is 2.85. The quantitative estimate of drug-likeness (QED) is 0.472. The van der Waals surface area contributed by atoms with Crippen molar-refractivity contribution < 1.29 is 9.66 Å². The Labute approximate surface area is 117 Å². The zero-order valence-corrected chi connectivity index (χ0v) is 11.9. The lowest BCUT2D eigenvalue weighted by atomic mass is 10.1. The van der Waals surface area contributed by atoms with E-state index in [2.05, 4.69) is 13.8 Å². The molecule has 0 amide bonds. The van der Waals surface area contributed by atoms with Crippen molar-refractivity contribution in [2.75, 3.05) is 6.61 Å². The van der Waals surface area contributed by atoms with Crippen LogP contribution in [0.2, 0.25) is 0 Å². The van der Waals surface area contributed by atoms with Crippen LogP contribution in [0, 0.1) is 16.0 Å². The van der Waals surface area contributed by atoms with E-state index in [1.54, 1.807) is 12.1 Å². The summed E-state index contributed by atoms with van der Waals surface area (Å²) in [5.41, 5.74) is 6.11. The lowest BCUT2D eigenvalue weighted by molar-refractivity contribution is -0.385. The van der Waals surface area contributed by atoms with Crippen molar-refractivity contribution >= 4 is 22.9 Å². The van der Waals surface area contributed by atoms with Crippen LogP contribution in [0.1, 0.15) is 25.8 Å². The number of nitrogens with zero attached hydrogens (tertiary/aromatic N) is 1. The number of ether oxygens (including phenoxy) is 1. The van der Waals surface area contributed by atoms with Gasteiger partial charge in [0.05, 0.1) is 16.5 Å². The van der Waals surface area contributed by atoms with Gasteiger partial charge in [0, 0.05) is 12.5 Å². The van der Waals surface area contributed by atoms with Crippen molar-refractivity contribution in [3.63, 3.8) is 0 Å². The summed E-state index contributed by atoms with van der Waals surface area (Å²) in [7, 11) is 0. The van der Waals surface area contributed by atoms with E-state index in [0.29, 0.717) is 23.9 Å². The number of hydrogen-bond acceptors (Lipinski definition) is 4. The van der Waals surface area contributed by atoms with Gasteiger partial charge < -0.3 is 10.5 Å². The van der Waals surface area contributed by atoms with Gasteiger partial charge in [-0.1, -0.05) is 32.1 Å². The molecular weight excluding hydrogens is 264 g/mol. The van der Waals surface area contributed by atoms with Crippen molar-refractivity contribution in [3.05, 3.63) is 33.9 Å². The summed E-state index contributed by atoms with van der Waals surface area (Å²) in [6.07, 6.45) is 1.20. The molecule has 0 heterocycles. The number of thiocarbonyl (C=S) groups is 1. The Morgan fingerprint density at radius 1 is 1.53 bits per heavy atom. The zero-order chi connectivity index (χ0) is 14.4. The van der Waals surface area contributed by atoms with E-state index in [-0.39, 0.29) is 11.4 Å². The van der Waals surface area contributed by atoms with Gasteiger partial charge in [-0.2, -0.15) is 0 Å². The van der Waals surface area contributed by atoms with Crippen LogP contribution < -0.4 is 10.5 Å². The smallest absolute Gasteiger partial charge is 0.311 e. The highest BCUT2D eigenvalue weighted by Gasteiger charge is 2.16. The molecule has 104 valence electrons. The summed E-state index contributed by atoms with van der Waals surface area (Å²) in [5, 5.41) is 11.0. The Morgan fingerprint density at radius 3 is 2.74 bits per heavy atom. The molecule has 0 saturated carbocycles. The van der Waals surface area contributed by atoms with E-state index in [4.69, 9.17) is 22.7 Å². The van der Waals surface area contributed by atoms with Crippen LogP contribution in [0.4, 0.5) is 5.69 Å². The van der Waals surface area contributed by atoms with Crippen LogP contribution >= 0.6 is 12.2 Å². The number of nitro groups is 1. The van der Waals surface area contributed by atoms with E-state index in [0.717, 1.165) is 12.0 Å². The normalized spacial score (nSPS) is 10.5. The molecule has 0 aliphatic heterocycles. The highest BCUT2D eigenvalue weighted by atomic mass is 32.1. The molecule has 19 heavy (non-hydrogen) atoms. The van der Waals surface area contributed by atoms with Gasteiger partial charge in [0.1, 0.15) is 0 Å². The molecule has 1 aromatic carbocycles. The number of rotatable bonds is 7. The molecule has 0 spiro atoms. The molecule has 6 heteroatoms. The highest BCUT2D eigenvalue weighted by Crippen LogP contribution is 2.28. The average molecular weight is 282 g/mol. The summed E-state index contributed by atoms with van der Waals surface area (Å²) in [6.45, 7) is 4.61. The molecule has 0 aliphatic carbocycles. The van der Waals surface area contributed by atoms with Crippen LogP contribution in [-0.4, -0.2) is 16.5 Å².